The third kappa shape index (κ3) is 6.59. The van der Waals surface area contributed by atoms with Gasteiger partial charge in [0.05, 0.1) is 19.8 Å². The monoisotopic (exact) mass is 445 g/mol. The van der Waals surface area contributed by atoms with Crippen LogP contribution in [0.2, 0.25) is 0 Å². The van der Waals surface area contributed by atoms with Gasteiger partial charge in [-0.1, -0.05) is 60.7 Å². The van der Waals surface area contributed by atoms with Gasteiger partial charge in [0.1, 0.15) is 6.61 Å². The molecule has 3 aromatic rings. The van der Waals surface area contributed by atoms with E-state index >= 15 is 0 Å². The molecule has 3 aromatic carbocycles. The standard InChI is InChI=1S/C28H31NO4/c1-31-27-18-23(12-17-26(27)33-20-22-10-6-3-7-11-22)28(30)29-24-13-15-25(16-14-24)32-19-21-8-4-2-5-9-21/h2-12,17-18,24-25H,13-16,19-20H2,1H3,(H,29,30). The van der Waals surface area contributed by atoms with E-state index in [1.165, 1.54) is 5.56 Å². The Bertz CT molecular complexity index is 1010. The highest BCUT2D eigenvalue weighted by molar-refractivity contribution is 5.95. The Kier molecular flexibility index (Phi) is 7.99. The number of benzene rings is 3. The Morgan fingerprint density at radius 2 is 1.45 bits per heavy atom. The van der Waals surface area contributed by atoms with Crippen molar-refractivity contribution in [3.63, 3.8) is 0 Å². The Morgan fingerprint density at radius 3 is 2.09 bits per heavy atom. The zero-order valence-electron chi connectivity index (χ0n) is 19.0. The zero-order valence-corrected chi connectivity index (χ0v) is 19.0. The SMILES string of the molecule is COc1cc(C(=O)NC2CCC(OCc3ccccc3)CC2)ccc1OCc1ccccc1. The molecule has 5 nitrogen and oxygen atoms in total. The summed E-state index contributed by atoms with van der Waals surface area (Å²) in [6.07, 6.45) is 3.99. The first-order valence-corrected chi connectivity index (χ1v) is 11.5. The van der Waals surface area contributed by atoms with Gasteiger partial charge in [-0.3, -0.25) is 4.79 Å². The largest absolute Gasteiger partial charge is 0.493 e. The molecule has 0 heterocycles. The highest BCUT2D eigenvalue weighted by Crippen LogP contribution is 2.29. The molecule has 0 radical (unpaired) electrons. The van der Waals surface area contributed by atoms with Gasteiger partial charge < -0.3 is 19.5 Å². The lowest BCUT2D eigenvalue weighted by atomic mass is 9.92. The van der Waals surface area contributed by atoms with Crippen molar-refractivity contribution in [3.8, 4) is 11.5 Å². The van der Waals surface area contributed by atoms with Crippen LogP contribution in [0.15, 0.2) is 78.9 Å². The number of ether oxygens (including phenoxy) is 3. The molecule has 1 aliphatic carbocycles. The van der Waals surface area contributed by atoms with Gasteiger partial charge in [0.2, 0.25) is 0 Å². The molecule has 1 saturated carbocycles. The molecule has 0 atom stereocenters. The quantitative estimate of drug-likeness (QED) is 0.470. The van der Waals surface area contributed by atoms with E-state index in [2.05, 4.69) is 17.4 Å². The number of rotatable bonds is 9. The third-order valence-corrected chi connectivity index (χ3v) is 6.00. The molecule has 0 bridgehead atoms. The van der Waals surface area contributed by atoms with E-state index in [0.717, 1.165) is 31.2 Å². The molecule has 0 unspecified atom stereocenters. The predicted octanol–water partition coefficient (Wildman–Crippen LogP) is 5.53. The van der Waals surface area contributed by atoms with Crippen molar-refractivity contribution in [2.75, 3.05) is 7.11 Å². The van der Waals surface area contributed by atoms with E-state index in [-0.39, 0.29) is 18.1 Å². The molecule has 0 saturated heterocycles. The summed E-state index contributed by atoms with van der Waals surface area (Å²) < 4.78 is 17.4. The average molecular weight is 446 g/mol. The maximum absolute atomic E-state index is 12.8. The molecule has 1 aliphatic rings. The molecule has 33 heavy (non-hydrogen) atoms. The zero-order chi connectivity index (χ0) is 22.9. The van der Waals surface area contributed by atoms with E-state index < -0.39 is 0 Å². The van der Waals surface area contributed by atoms with Gasteiger partial charge in [0.25, 0.3) is 5.91 Å². The molecule has 5 heteroatoms. The minimum Gasteiger partial charge on any atom is -0.493 e. The van der Waals surface area contributed by atoms with Gasteiger partial charge in [-0.05, 0) is 55.0 Å². The van der Waals surface area contributed by atoms with Gasteiger partial charge in [-0.15, -0.1) is 0 Å². The van der Waals surface area contributed by atoms with Crippen LogP contribution in [0.25, 0.3) is 0 Å². The van der Waals surface area contributed by atoms with Crippen LogP contribution in [0.5, 0.6) is 11.5 Å². The lowest BCUT2D eigenvalue weighted by molar-refractivity contribution is 0.0113. The van der Waals surface area contributed by atoms with Crippen molar-refractivity contribution in [3.05, 3.63) is 95.6 Å². The Hall–Kier alpha value is -3.31. The highest BCUT2D eigenvalue weighted by atomic mass is 16.5. The topological polar surface area (TPSA) is 56.8 Å². The number of amides is 1. The maximum Gasteiger partial charge on any atom is 0.251 e. The maximum atomic E-state index is 12.8. The summed E-state index contributed by atoms with van der Waals surface area (Å²) in [6.45, 7) is 1.08. The Balaban J connectivity index is 1.26. The summed E-state index contributed by atoms with van der Waals surface area (Å²) in [6, 6.07) is 25.7. The molecule has 0 spiro atoms. The van der Waals surface area contributed by atoms with Crippen LogP contribution in [0, 0.1) is 0 Å². The Morgan fingerprint density at radius 1 is 0.818 bits per heavy atom. The average Bonchev–Trinajstić information content (AvgIpc) is 2.88. The van der Waals surface area contributed by atoms with E-state index in [9.17, 15) is 4.79 Å². The molecule has 4 rings (SSSR count). The van der Waals surface area contributed by atoms with Gasteiger partial charge in [-0.2, -0.15) is 0 Å². The number of hydrogen-bond acceptors (Lipinski definition) is 4. The van der Waals surface area contributed by atoms with E-state index in [1.807, 2.05) is 48.5 Å². The van der Waals surface area contributed by atoms with Crippen LogP contribution in [0.3, 0.4) is 0 Å². The van der Waals surface area contributed by atoms with Crippen LogP contribution in [0.1, 0.15) is 47.2 Å². The number of carbonyl (C=O) groups excluding carboxylic acids is 1. The van der Waals surface area contributed by atoms with Gasteiger partial charge >= 0.3 is 0 Å². The van der Waals surface area contributed by atoms with E-state index in [4.69, 9.17) is 14.2 Å². The predicted molar refractivity (Wildman–Crippen MR) is 129 cm³/mol. The lowest BCUT2D eigenvalue weighted by Gasteiger charge is -2.29. The smallest absolute Gasteiger partial charge is 0.251 e. The molecule has 0 aromatic heterocycles. The molecule has 0 aliphatic heterocycles. The fourth-order valence-corrected chi connectivity index (χ4v) is 4.09. The number of carbonyl (C=O) groups is 1. The van der Waals surface area contributed by atoms with Crippen molar-refractivity contribution in [2.24, 2.45) is 0 Å². The van der Waals surface area contributed by atoms with Crippen LogP contribution >= 0.6 is 0 Å². The highest BCUT2D eigenvalue weighted by Gasteiger charge is 2.23. The molecular weight excluding hydrogens is 414 g/mol. The fourth-order valence-electron chi connectivity index (χ4n) is 4.09. The number of hydrogen-bond donors (Lipinski definition) is 1. The van der Waals surface area contributed by atoms with Crippen molar-refractivity contribution in [2.45, 2.75) is 51.0 Å². The Labute approximate surface area is 195 Å². The van der Waals surface area contributed by atoms with Gasteiger partial charge in [0.15, 0.2) is 11.5 Å². The summed E-state index contributed by atoms with van der Waals surface area (Å²) in [5.41, 5.74) is 2.84. The number of nitrogens with one attached hydrogen (secondary N) is 1. The van der Waals surface area contributed by atoms with Crippen molar-refractivity contribution >= 4 is 5.91 Å². The second-order valence-corrected chi connectivity index (χ2v) is 8.38. The van der Waals surface area contributed by atoms with Crippen molar-refractivity contribution < 1.29 is 19.0 Å². The first kappa shape index (κ1) is 22.9. The molecule has 1 fully saturated rings. The summed E-state index contributed by atoms with van der Waals surface area (Å²) >= 11 is 0. The van der Waals surface area contributed by atoms with Crippen molar-refractivity contribution in [1.29, 1.82) is 0 Å². The third-order valence-electron chi connectivity index (χ3n) is 6.00. The van der Waals surface area contributed by atoms with E-state index in [1.54, 1.807) is 25.3 Å². The summed E-state index contributed by atoms with van der Waals surface area (Å²) in [4.78, 5) is 12.8. The van der Waals surface area contributed by atoms with Crippen LogP contribution in [0.4, 0.5) is 0 Å². The summed E-state index contributed by atoms with van der Waals surface area (Å²) in [5, 5.41) is 3.17. The molecule has 1 N–H and O–H groups in total. The lowest BCUT2D eigenvalue weighted by Crippen LogP contribution is -2.39. The molecule has 172 valence electrons. The molecule has 1 amide bonds. The van der Waals surface area contributed by atoms with Crippen molar-refractivity contribution in [1.82, 2.24) is 5.32 Å². The van der Waals surface area contributed by atoms with Crippen LogP contribution in [-0.2, 0) is 18.0 Å². The van der Waals surface area contributed by atoms with Gasteiger partial charge in [0, 0.05) is 11.6 Å². The first-order chi connectivity index (χ1) is 16.2. The fraction of sp³-hybridized carbons (Fsp3) is 0.321. The normalized spacial score (nSPS) is 17.8. The minimum absolute atomic E-state index is 0.0865. The van der Waals surface area contributed by atoms with E-state index in [0.29, 0.717) is 30.3 Å². The van der Waals surface area contributed by atoms with Crippen LogP contribution in [-0.4, -0.2) is 25.2 Å². The molecular formula is C28H31NO4. The second-order valence-electron chi connectivity index (χ2n) is 8.38. The summed E-state index contributed by atoms with van der Waals surface area (Å²) in [5.74, 6) is 1.09. The van der Waals surface area contributed by atoms with Crippen LogP contribution < -0.4 is 14.8 Å². The summed E-state index contributed by atoms with van der Waals surface area (Å²) in [7, 11) is 1.59. The number of methoxy groups -OCH3 is 1. The first-order valence-electron chi connectivity index (χ1n) is 11.5. The van der Waals surface area contributed by atoms with Gasteiger partial charge in [-0.25, -0.2) is 0 Å². The minimum atomic E-state index is -0.0865. The second kappa shape index (κ2) is 11.5.